The summed E-state index contributed by atoms with van der Waals surface area (Å²) >= 11 is 0. The fourth-order valence-electron chi connectivity index (χ4n) is 5.71. The van der Waals surface area contributed by atoms with Gasteiger partial charge in [0, 0.05) is 0 Å². The Kier molecular flexibility index (Phi) is 14.8. The summed E-state index contributed by atoms with van der Waals surface area (Å²) in [4.78, 5) is 25.6. The summed E-state index contributed by atoms with van der Waals surface area (Å²) in [5, 5.41) is 0. The number of carbonyl (C=O) groups excluding carboxylic acids is 2. The number of epoxide rings is 2. The maximum atomic E-state index is 12.8. The molecule has 0 aliphatic carbocycles. The van der Waals surface area contributed by atoms with Gasteiger partial charge in [-0.05, 0) is 105 Å². The molecule has 2 aliphatic rings. The van der Waals surface area contributed by atoms with Gasteiger partial charge in [0.1, 0.15) is 23.0 Å². The van der Waals surface area contributed by atoms with Gasteiger partial charge in [0.2, 0.25) is 0 Å². The van der Waals surface area contributed by atoms with Crippen molar-refractivity contribution in [3.8, 4) is 23.0 Å². The lowest BCUT2D eigenvalue weighted by atomic mass is 10.1. The van der Waals surface area contributed by atoms with Gasteiger partial charge in [-0.25, -0.2) is 9.59 Å². The first-order valence-electron chi connectivity index (χ1n) is 18.3. The number of hydrogen-bond donors (Lipinski definition) is 0. The van der Waals surface area contributed by atoms with Crippen molar-refractivity contribution in [2.24, 2.45) is 0 Å². The van der Waals surface area contributed by atoms with Gasteiger partial charge in [0.25, 0.3) is 0 Å². The highest BCUT2D eigenvalue weighted by Gasteiger charge is 2.21. The van der Waals surface area contributed by atoms with Crippen LogP contribution in [0.15, 0.2) is 66.7 Å². The molecule has 3 aromatic rings. The number of carbonyl (C=O) groups is 2. The minimum absolute atomic E-state index is 0.369. The van der Waals surface area contributed by atoms with Crippen LogP contribution in [0.1, 0.15) is 116 Å². The van der Waals surface area contributed by atoms with Crippen molar-refractivity contribution in [3.05, 3.63) is 83.4 Å². The molecule has 264 valence electrons. The molecule has 0 aromatic heterocycles. The smallest absolute Gasteiger partial charge is 0.343 e. The third kappa shape index (κ3) is 13.9. The number of aryl methyl sites for hydroxylation is 1. The Balaban J connectivity index is 0.949. The van der Waals surface area contributed by atoms with Gasteiger partial charge in [0.15, 0.2) is 0 Å². The maximum absolute atomic E-state index is 12.8. The highest BCUT2D eigenvalue weighted by molar-refractivity contribution is 5.92. The first kappa shape index (κ1) is 36.4. The Bertz CT molecular complexity index is 1430. The molecule has 5 rings (SSSR count). The van der Waals surface area contributed by atoms with Crippen LogP contribution in [-0.4, -0.2) is 50.6 Å². The van der Waals surface area contributed by atoms with Crippen molar-refractivity contribution in [1.82, 2.24) is 0 Å². The summed E-state index contributed by atoms with van der Waals surface area (Å²) in [5.41, 5.74) is 1.53. The van der Waals surface area contributed by atoms with Crippen LogP contribution >= 0.6 is 0 Å². The zero-order chi connectivity index (χ0) is 34.1. The van der Waals surface area contributed by atoms with Crippen molar-refractivity contribution < 1.29 is 38.0 Å². The monoisotopic (exact) mass is 672 g/mol. The first-order chi connectivity index (χ1) is 24.0. The SMILES string of the molecule is Cc1cc(OC(=O)c2ccc(OCCCCCCCCC3CO3)cc2)ccc1OC(=O)c1ccc(OCCCCCCCCC2CO2)cc1. The van der Waals surface area contributed by atoms with E-state index in [0.29, 0.717) is 53.6 Å². The summed E-state index contributed by atoms with van der Waals surface area (Å²) in [7, 11) is 0. The molecule has 0 radical (unpaired) electrons. The van der Waals surface area contributed by atoms with E-state index in [0.717, 1.165) is 50.4 Å². The highest BCUT2D eigenvalue weighted by atomic mass is 16.6. The first-order valence-corrected chi connectivity index (χ1v) is 18.3. The van der Waals surface area contributed by atoms with Crippen molar-refractivity contribution in [1.29, 1.82) is 0 Å². The van der Waals surface area contributed by atoms with E-state index in [2.05, 4.69) is 0 Å². The molecular weight excluding hydrogens is 620 g/mol. The zero-order valence-corrected chi connectivity index (χ0v) is 29.0. The van der Waals surface area contributed by atoms with Gasteiger partial charge in [-0.2, -0.15) is 0 Å². The van der Waals surface area contributed by atoms with Crippen molar-refractivity contribution in [3.63, 3.8) is 0 Å². The molecule has 2 unspecified atom stereocenters. The topological polar surface area (TPSA) is 96.1 Å². The summed E-state index contributed by atoms with van der Waals surface area (Å²) < 4.78 is 33.4. The normalized spacial score (nSPS) is 16.2. The summed E-state index contributed by atoms with van der Waals surface area (Å²) in [6, 6.07) is 18.9. The lowest BCUT2D eigenvalue weighted by Gasteiger charge is -2.11. The van der Waals surface area contributed by atoms with E-state index >= 15 is 0 Å². The predicted octanol–water partition coefficient (Wildman–Crippen LogP) is 9.45. The van der Waals surface area contributed by atoms with Gasteiger partial charge in [0.05, 0.1) is 49.8 Å². The minimum Gasteiger partial charge on any atom is -0.494 e. The second kappa shape index (κ2) is 20.0. The van der Waals surface area contributed by atoms with Crippen LogP contribution in [0.4, 0.5) is 0 Å². The molecule has 0 amide bonds. The number of rotatable bonds is 24. The van der Waals surface area contributed by atoms with Crippen molar-refractivity contribution in [2.45, 2.75) is 109 Å². The van der Waals surface area contributed by atoms with Gasteiger partial charge < -0.3 is 28.4 Å². The van der Waals surface area contributed by atoms with Crippen LogP contribution in [-0.2, 0) is 9.47 Å². The van der Waals surface area contributed by atoms with Crippen LogP contribution in [0.5, 0.6) is 23.0 Å². The van der Waals surface area contributed by atoms with Crippen molar-refractivity contribution in [2.75, 3.05) is 26.4 Å². The Morgan fingerprint density at radius 2 is 0.959 bits per heavy atom. The second-order valence-corrected chi connectivity index (χ2v) is 13.2. The molecule has 0 N–H and O–H groups in total. The molecule has 0 spiro atoms. The van der Waals surface area contributed by atoms with Crippen LogP contribution in [0.3, 0.4) is 0 Å². The molecule has 49 heavy (non-hydrogen) atoms. The van der Waals surface area contributed by atoms with Crippen molar-refractivity contribution >= 4 is 11.9 Å². The summed E-state index contributed by atoms with van der Waals surface area (Å²) in [6.07, 6.45) is 17.9. The Hall–Kier alpha value is -3.88. The third-order valence-corrected chi connectivity index (χ3v) is 8.92. The number of ether oxygens (including phenoxy) is 6. The molecular formula is C41H52O8. The van der Waals surface area contributed by atoms with Gasteiger partial charge in [-0.1, -0.05) is 64.2 Å². The third-order valence-electron chi connectivity index (χ3n) is 8.92. The Morgan fingerprint density at radius 3 is 1.41 bits per heavy atom. The summed E-state index contributed by atoms with van der Waals surface area (Å²) in [6.45, 7) is 5.04. The number of unbranched alkanes of at least 4 members (excludes halogenated alkanes) is 10. The predicted molar refractivity (Wildman–Crippen MR) is 189 cm³/mol. The molecule has 0 bridgehead atoms. The van der Waals surface area contributed by atoms with E-state index in [1.807, 2.05) is 0 Å². The fraction of sp³-hybridized carbons (Fsp3) is 0.512. The van der Waals surface area contributed by atoms with Crippen LogP contribution in [0.2, 0.25) is 0 Å². The average molecular weight is 673 g/mol. The van der Waals surface area contributed by atoms with E-state index in [1.54, 1.807) is 73.7 Å². The van der Waals surface area contributed by atoms with Gasteiger partial charge in [-0.15, -0.1) is 0 Å². The number of benzene rings is 3. The molecule has 0 saturated carbocycles. The van der Waals surface area contributed by atoms with Crippen LogP contribution in [0.25, 0.3) is 0 Å². The molecule has 2 heterocycles. The number of hydrogen-bond acceptors (Lipinski definition) is 8. The standard InChI is InChI=1S/C41H52O8/c1-31-28-36(48-40(42)32-16-20-34(21-17-32)44-26-12-8-4-2-6-10-14-37-29-46-37)24-25-39(31)49-41(43)33-18-22-35(23-19-33)45-27-13-9-5-3-7-11-15-38-30-47-38/h16-25,28,37-38H,2-15,26-27,29-30H2,1H3. The van der Waals surface area contributed by atoms with Crippen LogP contribution in [0, 0.1) is 6.92 Å². The lowest BCUT2D eigenvalue weighted by molar-refractivity contribution is 0.0718. The quantitative estimate of drug-likeness (QED) is 0.0402. The lowest BCUT2D eigenvalue weighted by Crippen LogP contribution is -2.10. The van der Waals surface area contributed by atoms with E-state index in [1.165, 1.54) is 64.2 Å². The molecule has 8 nitrogen and oxygen atoms in total. The maximum Gasteiger partial charge on any atom is 0.343 e. The molecule has 2 aliphatic heterocycles. The van der Waals surface area contributed by atoms with E-state index in [9.17, 15) is 9.59 Å². The molecule has 8 heteroatoms. The molecule has 2 atom stereocenters. The molecule has 2 fully saturated rings. The Labute approximate surface area is 291 Å². The van der Waals surface area contributed by atoms with Crippen LogP contribution < -0.4 is 18.9 Å². The Morgan fingerprint density at radius 1 is 0.551 bits per heavy atom. The highest BCUT2D eigenvalue weighted by Crippen LogP contribution is 2.26. The van der Waals surface area contributed by atoms with Gasteiger partial charge in [-0.3, -0.25) is 0 Å². The average Bonchev–Trinajstić information content (AvgIpc) is 4.05. The molecule has 3 aromatic carbocycles. The largest absolute Gasteiger partial charge is 0.494 e. The minimum atomic E-state index is -0.471. The second-order valence-electron chi connectivity index (χ2n) is 13.2. The fourth-order valence-corrected chi connectivity index (χ4v) is 5.71. The summed E-state index contributed by atoms with van der Waals surface area (Å²) in [5.74, 6) is 1.30. The number of esters is 2. The van der Waals surface area contributed by atoms with E-state index in [4.69, 9.17) is 28.4 Å². The van der Waals surface area contributed by atoms with Gasteiger partial charge >= 0.3 is 11.9 Å². The molecule has 2 saturated heterocycles. The van der Waals surface area contributed by atoms with E-state index < -0.39 is 11.9 Å². The van der Waals surface area contributed by atoms with E-state index in [-0.39, 0.29) is 0 Å². The zero-order valence-electron chi connectivity index (χ0n) is 29.0.